The highest BCUT2D eigenvalue weighted by atomic mass is 32.2. The first kappa shape index (κ1) is 14.8. The molecule has 0 radical (unpaired) electrons. The lowest BCUT2D eigenvalue weighted by molar-refractivity contribution is 0.560. The number of hydrogen-bond donors (Lipinski definition) is 2. The number of aromatic nitrogens is 3. The molecule has 0 fully saturated rings. The van der Waals surface area contributed by atoms with E-state index in [9.17, 15) is 8.42 Å². The van der Waals surface area contributed by atoms with Gasteiger partial charge in [-0.25, -0.2) is 13.1 Å². The van der Waals surface area contributed by atoms with Crippen LogP contribution in [-0.4, -0.2) is 36.4 Å². The molecule has 0 atom stereocenters. The molecule has 0 aromatic carbocycles. The zero-order chi connectivity index (χ0) is 14.6. The third-order valence-electron chi connectivity index (χ3n) is 2.94. The van der Waals surface area contributed by atoms with Crippen molar-refractivity contribution in [1.82, 2.24) is 24.4 Å². The number of nitrogens with one attached hydrogen (secondary N) is 2. The highest BCUT2D eigenvalue weighted by molar-refractivity contribution is 7.89. The molecule has 8 heteroatoms. The summed E-state index contributed by atoms with van der Waals surface area (Å²) in [4.78, 5) is 0.283. The SMILES string of the molecule is CNCc1cc(S(=O)(=O)NCCn2cccn2)cn1C. The van der Waals surface area contributed by atoms with E-state index in [0.29, 0.717) is 19.6 Å². The molecule has 2 heterocycles. The molecule has 2 aromatic rings. The predicted molar refractivity (Wildman–Crippen MR) is 75.6 cm³/mol. The molecule has 20 heavy (non-hydrogen) atoms. The third kappa shape index (κ3) is 3.47. The van der Waals surface area contributed by atoms with Crippen molar-refractivity contribution in [2.45, 2.75) is 18.0 Å². The lowest BCUT2D eigenvalue weighted by Gasteiger charge is -2.05. The van der Waals surface area contributed by atoms with E-state index in [0.717, 1.165) is 5.69 Å². The number of hydrogen-bond acceptors (Lipinski definition) is 4. The van der Waals surface area contributed by atoms with Crippen LogP contribution >= 0.6 is 0 Å². The summed E-state index contributed by atoms with van der Waals surface area (Å²) >= 11 is 0. The second kappa shape index (κ2) is 6.21. The lowest BCUT2D eigenvalue weighted by atomic mass is 10.4. The zero-order valence-electron chi connectivity index (χ0n) is 11.6. The third-order valence-corrected chi connectivity index (χ3v) is 4.37. The van der Waals surface area contributed by atoms with E-state index in [2.05, 4.69) is 15.1 Å². The van der Waals surface area contributed by atoms with E-state index >= 15 is 0 Å². The van der Waals surface area contributed by atoms with Gasteiger partial charge < -0.3 is 9.88 Å². The van der Waals surface area contributed by atoms with Gasteiger partial charge in [-0.15, -0.1) is 0 Å². The largest absolute Gasteiger partial charge is 0.352 e. The average Bonchev–Trinajstić information content (AvgIpc) is 3.01. The summed E-state index contributed by atoms with van der Waals surface area (Å²) < 4.78 is 30.4. The highest BCUT2D eigenvalue weighted by Crippen LogP contribution is 2.13. The lowest BCUT2D eigenvalue weighted by Crippen LogP contribution is -2.27. The maximum absolute atomic E-state index is 12.2. The topological polar surface area (TPSA) is 81.0 Å². The molecule has 7 nitrogen and oxygen atoms in total. The van der Waals surface area contributed by atoms with Crippen molar-refractivity contribution < 1.29 is 8.42 Å². The summed E-state index contributed by atoms with van der Waals surface area (Å²) in [6.07, 6.45) is 5.07. The Labute approximate surface area is 118 Å². The van der Waals surface area contributed by atoms with E-state index in [1.165, 1.54) is 0 Å². The maximum Gasteiger partial charge on any atom is 0.242 e. The molecule has 0 unspecified atom stereocenters. The van der Waals surface area contributed by atoms with Gasteiger partial charge in [0.1, 0.15) is 0 Å². The average molecular weight is 297 g/mol. The smallest absolute Gasteiger partial charge is 0.242 e. The Morgan fingerprint density at radius 1 is 1.40 bits per heavy atom. The molecule has 0 spiro atoms. The molecule has 0 aliphatic carbocycles. The highest BCUT2D eigenvalue weighted by Gasteiger charge is 2.16. The molecular formula is C12H19N5O2S. The minimum Gasteiger partial charge on any atom is -0.352 e. The van der Waals surface area contributed by atoms with E-state index in [-0.39, 0.29) is 4.90 Å². The minimum atomic E-state index is -3.47. The molecular weight excluding hydrogens is 278 g/mol. The first-order valence-corrected chi connectivity index (χ1v) is 7.78. The molecule has 0 aliphatic heterocycles. The van der Waals surface area contributed by atoms with Crippen LogP contribution in [0.5, 0.6) is 0 Å². The molecule has 0 aliphatic rings. The normalized spacial score (nSPS) is 11.9. The Bertz CT molecular complexity index is 645. The van der Waals surface area contributed by atoms with Gasteiger partial charge >= 0.3 is 0 Å². The van der Waals surface area contributed by atoms with Crippen LogP contribution < -0.4 is 10.0 Å². The van der Waals surface area contributed by atoms with Crippen molar-refractivity contribution in [2.24, 2.45) is 7.05 Å². The summed E-state index contributed by atoms with van der Waals surface area (Å²) in [5.41, 5.74) is 0.917. The van der Waals surface area contributed by atoms with Gasteiger partial charge in [0.2, 0.25) is 10.0 Å². The Morgan fingerprint density at radius 3 is 2.85 bits per heavy atom. The second-order valence-corrected chi connectivity index (χ2v) is 6.24. The Hall–Kier alpha value is -1.64. The van der Waals surface area contributed by atoms with Gasteiger partial charge in [-0.05, 0) is 19.2 Å². The van der Waals surface area contributed by atoms with Crippen molar-refractivity contribution in [3.63, 3.8) is 0 Å². The Morgan fingerprint density at radius 2 is 2.20 bits per heavy atom. The first-order valence-electron chi connectivity index (χ1n) is 6.30. The molecule has 2 N–H and O–H groups in total. The van der Waals surface area contributed by atoms with Crippen LogP contribution in [-0.2, 0) is 30.2 Å². The fourth-order valence-electron chi connectivity index (χ4n) is 1.89. The number of nitrogens with zero attached hydrogens (tertiary/aromatic N) is 3. The monoisotopic (exact) mass is 297 g/mol. The molecule has 0 amide bonds. The van der Waals surface area contributed by atoms with Crippen molar-refractivity contribution in [3.05, 3.63) is 36.4 Å². The number of sulfonamides is 1. The molecule has 110 valence electrons. The summed E-state index contributed by atoms with van der Waals surface area (Å²) in [5.74, 6) is 0. The van der Waals surface area contributed by atoms with Gasteiger partial charge in [-0.2, -0.15) is 5.10 Å². The van der Waals surface area contributed by atoms with Gasteiger partial charge in [0.15, 0.2) is 0 Å². The fraction of sp³-hybridized carbons (Fsp3) is 0.417. The van der Waals surface area contributed by atoms with Gasteiger partial charge in [-0.3, -0.25) is 4.68 Å². The van der Waals surface area contributed by atoms with Gasteiger partial charge in [-0.1, -0.05) is 0 Å². The van der Waals surface area contributed by atoms with Crippen molar-refractivity contribution in [1.29, 1.82) is 0 Å². The van der Waals surface area contributed by atoms with Crippen LogP contribution in [0.2, 0.25) is 0 Å². The van der Waals surface area contributed by atoms with Gasteiger partial charge in [0, 0.05) is 44.4 Å². The van der Waals surface area contributed by atoms with E-state index in [1.807, 2.05) is 14.1 Å². The quantitative estimate of drug-likeness (QED) is 0.749. The van der Waals surface area contributed by atoms with Crippen LogP contribution in [0.15, 0.2) is 35.6 Å². The van der Waals surface area contributed by atoms with Crippen molar-refractivity contribution in [2.75, 3.05) is 13.6 Å². The fourth-order valence-corrected chi connectivity index (χ4v) is 3.01. The van der Waals surface area contributed by atoms with Crippen molar-refractivity contribution in [3.8, 4) is 0 Å². The van der Waals surface area contributed by atoms with Gasteiger partial charge in [0.05, 0.1) is 11.4 Å². The molecule has 2 rings (SSSR count). The predicted octanol–water partition coefficient (Wildman–Crippen LogP) is -0.0805. The van der Waals surface area contributed by atoms with E-state index in [1.54, 1.807) is 40.0 Å². The van der Waals surface area contributed by atoms with Crippen LogP contribution in [0.4, 0.5) is 0 Å². The molecule has 2 aromatic heterocycles. The Balaban J connectivity index is 2.00. The Kier molecular flexibility index (Phi) is 4.58. The van der Waals surface area contributed by atoms with E-state index < -0.39 is 10.0 Å². The van der Waals surface area contributed by atoms with Gasteiger partial charge in [0.25, 0.3) is 0 Å². The van der Waals surface area contributed by atoms with Crippen LogP contribution in [0.3, 0.4) is 0 Å². The summed E-state index contributed by atoms with van der Waals surface area (Å²) in [6, 6.07) is 3.47. The summed E-state index contributed by atoms with van der Waals surface area (Å²) in [5, 5.41) is 7.02. The van der Waals surface area contributed by atoms with Crippen LogP contribution in [0.25, 0.3) is 0 Å². The first-order chi connectivity index (χ1) is 9.53. The number of rotatable bonds is 7. The standard InChI is InChI=1S/C12H19N5O2S/c1-13-9-11-8-12(10-16(11)2)20(18,19)15-5-7-17-6-3-4-14-17/h3-4,6,8,10,13,15H,5,7,9H2,1-2H3. The van der Waals surface area contributed by atoms with Crippen LogP contribution in [0, 0.1) is 0 Å². The summed E-state index contributed by atoms with van der Waals surface area (Å²) in [7, 11) is 0.179. The van der Waals surface area contributed by atoms with Crippen molar-refractivity contribution >= 4 is 10.0 Å². The van der Waals surface area contributed by atoms with E-state index in [4.69, 9.17) is 0 Å². The zero-order valence-corrected chi connectivity index (χ0v) is 12.4. The molecule has 0 saturated heterocycles. The van der Waals surface area contributed by atoms with Crippen LogP contribution in [0.1, 0.15) is 5.69 Å². The second-order valence-electron chi connectivity index (χ2n) is 4.48. The summed E-state index contributed by atoms with van der Waals surface area (Å²) in [6.45, 7) is 1.43. The minimum absolute atomic E-state index is 0.283. The number of aryl methyl sites for hydroxylation is 1. The maximum atomic E-state index is 12.2. The molecule has 0 bridgehead atoms. The molecule has 0 saturated carbocycles.